The van der Waals surface area contributed by atoms with Gasteiger partial charge in [0, 0.05) is 31.1 Å². The van der Waals surface area contributed by atoms with Crippen molar-refractivity contribution in [3.63, 3.8) is 0 Å². The Kier molecular flexibility index (Phi) is 10.1. The third kappa shape index (κ3) is 6.87. The lowest BCUT2D eigenvalue weighted by molar-refractivity contribution is -0.138. The molecule has 15 nitrogen and oxygen atoms in total. The van der Waals surface area contributed by atoms with E-state index in [2.05, 4.69) is 16.0 Å². The predicted octanol–water partition coefficient (Wildman–Crippen LogP) is -1.49. The number of ether oxygens (including phenoxy) is 1. The van der Waals surface area contributed by atoms with Crippen LogP contribution in [0.1, 0.15) is 44.0 Å². The number of ketones is 1. The summed E-state index contributed by atoms with van der Waals surface area (Å²) in [6.45, 7) is 3.58. The highest BCUT2D eigenvalue weighted by Crippen LogP contribution is 2.65. The van der Waals surface area contributed by atoms with E-state index in [0.717, 1.165) is 9.88 Å². The fourth-order valence-corrected chi connectivity index (χ4v) is 7.21. The Bertz CT molecular complexity index is 1650. The maximum absolute atomic E-state index is 13.2. The normalized spacial score (nSPS) is 24.5. The average Bonchev–Trinajstić information content (AvgIpc) is 3.82. The minimum Gasteiger partial charge on any atom is -0.461 e. The van der Waals surface area contributed by atoms with E-state index in [0.29, 0.717) is 18.4 Å². The number of aliphatic hydroxyl groups excluding tert-OH is 1. The number of hydrogen-bond acceptors (Lipinski definition) is 11. The van der Waals surface area contributed by atoms with Crippen LogP contribution in [0.25, 0.3) is 0 Å². The molecule has 1 saturated carbocycles. The fraction of sp³-hybridized carbons (Fsp3) is 0.516. The molecular formula is C31H41N5O10S. The smallest absolute Gasteiger partial charge is 0.338 e. The van der Waals surface area contributed by atoms with Crippen LogP contribution in [-0.4, -0.2) is 110 Å². The van der Waals surface area contributed by atoms with Gasteiger partial charge in [0.15, 0.2) is 5.78 Å². The van der Waals surface area contributed by atoms with Crippen LogP contribution in [0.3, 0.4) is 0 Å². The van der Waals surface area contributed by atoms with Gasteiger partial charge in [0.25, 0.3) is 0 Å². The molecule has 0 aromatic heterocycles. The number of hydrogen-bond donors (Lipinski definition) is 6. The van der Waals surface area contributed by atoms with Crippen LogP contribution in [0.5, 0.6) is 0 Å². The number of fused-ring (bicyclic) bond motifs is 1. The Hall–Kier alpha value is -3.96. The van der Waals surface area contributed by atoms with Crippen molar-refractivity contribution in [2.24, 2.45) is 16.6 Å². The number of carbonyl (C=O) groups excluding carboxylic acids is 5. The Morgan fingerprint density at radius 1 is 1.02 bits per heavy atom. The van der Waals surface area contributed by atoms with Crippen molar-refractivity contribution in [1.82, 2.24) is 20.3 Å². The van der Waals surface area contributed by atoms with Gasteiger partial charge in [-0.15, -0.1) is 0 Å². The largest absolute Gasteiger partial charge is 0.461 e. The standard InChI is InChI=1S/C31H41N5O10S/c1-18-25-21(26(40)30(3,43)31(18)9-10-31)13-29(2,27(25)41)17-46-28(42)19-5-7-20(8-6-19)47(44,45)36(4)12-11-33-23(38)15-35-24(39)16-34-22(37)14-32/h5-8,13,27,41,43H,9-12,14-17,32H2,1-4H3,(H,33,38)(H,34,37)(H,35,39)/t27-,29+,30+/m1/s1. The number of nitrogens with zero attached hydrogens (tertiary/aromatic N) is 1. The summed E-state index contributed by atoms with van der Waals surface area (Å²) in [6.07, 6.45) is 1.73. The monoisotopic (exact) mass is 675 g/mol. The first kappa shape index (κ1) is 35.9. The molecule has 0 radical (unpaired) electrons. The third-order valence-electron chi connectivity index (χ3n) is 9.29. The number of esters is 1. The van der Waals surface area contributed by atoms with Gasteiger partial charge in [-0.05, 0) is 63.5 Å². The van der Waals surface area contributed by atoms with Gasteiger partial charge < -0.3 is 36.6 Å². The molecule has 4 rings (SSSR count). The predicted molar refractivity (Wildman–Crippen MR) is 167 cm³/mol. The molecule has 47 heavy (non-hydrogen) atoms. The highest BCUT2D eigenvalue weighted by atomic mass is 32.2. The molecule has 0 aliphatic heterocycles. The van der Waals surface area contributed by atoms with Crippen LogP contribution in [0.15, 0.2) is 52.0 Å². The van der Waals surface area contributed by atoms with Crippen molar-refractivity contribution in [2.45, 2.75) is 50.2 Å². The van der Waals surface area contributed by atoms with Crippen molar-refractivity contribution in [3.05, 3.63) is 52.6 Å². The van der Waals surface area contributed by atoms with Gasteiger partial charge in [-0.1, -0.05) is 11.6 Å². The third-order valence-corrected chi connectivity index (χ3v) is 11.2. The molecule has 3 aliphatic carbocycles. The van der Waals surface area contributed by atoms with Crippen LogP contribution in [0, 0.1) is 10.8 Å². The fourth-order valence-electron chi connectivity index (χ4n) is 6.04. The summed E-state index contributed by atoms with van der Waals surface area (Å²) in [5.41, 5.74) is 3.30. The molecule has 7 N–H and O–H groups in total. The summed E-state index contributed by atoms with van der Waals surface area (Å²) in [6, 6.07) is 5.07. The van der Waals surface area contributed by atoms with E-state index in [-0.39, 0.29) is 55.4 Å². The van der Waals surface area contributed by atoms with Crippen LogP contribution in [-0.2, 0) is 33.9 Å². The first-order valence-corrected chi connectivity index (χ1v) is 16.5. The van der Waals surface area contributed by atoms with Gasteiger partial charge in [-0.25, -0.2) is 13.2 Å². The van der Waals surface area contributed by atoms with E-state index in [1.165, 1.54) is 38.2 Å². The van der Waals surface area contributed by atoms with E-state index in [4.69, 9.17) is 10.5 Å². The van der Waals surface area contributed by atoms with Crippen molar-refractivity contribution in [2.75, 3.05) is 46.4 Å². The number of likely N-dealkylation sites (N-methyl/N-ethyl adjacent to an activating group) is 1. The molecule has 0 unspecified atom stereocenters. The van der Waals surface area contributed by atoms with Crippen LogP contribution in [0.2, 0.25) is 0 Å². The average molecular weight is 676 g/mol. The van der Waals surface area contributed by atoms with E-state index in [1.807, 2.05) is 6.92 Å². The van der Waals surface area contributed by atoms with Crippen molar-refractivity contribution in [3.8, 4) is 0 Å². The number of nitrogens with one attached hydrogen (secondary N) is 3. The van der Waals surface area contributed by atoms with Crippen LogP contribution < -0.4 is 21.7 Å². The molecule has 0 heterocycles. The molecule has 3 aliphatic rings. The second-order valence-corrected chi connectivity index (χ2v) is 14.6. The van der Waals surface area contributed by atoms with E-state index >= 15 is 0 Å². The summed E-state index contributed by atoms with van der Waals surface area (Å²) < 4.78 is 32.6. The maximum atomic E-state index is 13.2. The van der Waals surface area contributed by atoms with Gasteiger partial charge in [0.05, 0.1) is 41.6 Å². The second kappa shape index (κ2) is 13.3. The molecule has 16 heteroatoms. The quantitative estimate of drug-likeness (QED) is 0.132. The topological polar surface area (TPSA) is 235 Å². The van der Waals surface area contributed by atoms with Gasteiger partial charge in [-0.3, -0.25) is 19.2 Å². The van der Waals surface area contributed by atoms with Crippen LogP contribution in [0.4, 0.5) is 0 Å². The number of nitrogens with two attached hydrogens (primary N) is 1. The highest BCUT2D eigenvalue weighted by Gasteiger charge is 2.66. The molecule has 3 amide bonds. The SMILES string of the molecule is CC1=C2C(=C[C@@](C)(COC(=O)c3ccc(S(=O)(=O)N(C)CCNC(=O)CNC(=O)CNC(=O)CN)cc3)[C@@H]2O)C(=O)[C@](C)(O)C12CC2. The Labute approximate surface area is 272 Å². The summed E-state index contributed by atoms with van der Waals surface area (Å²) in [7, 11) is -2.67. The number of sulfonamides is 1. The lowest BCUT2D eigenvalue weighted by atomic mass is 9.67. The number of carbonyl (C=O) groups is 5. The lowest BCUT2D eigenvalue weighted by Crippen LogP contribution is -2.50. The van der Waals surface area contributed by atoms with Crippen LogP contribution >= 0.6 is 0 Å². The molecular weight excluding hydrogens is 634 g/mol. The maximum Gasteiger partial charge on any atom is 0.338 e. The number of benzene rings is 1. The first-order chi connectivity index (χ1) is 21.9. The number of aliphatic hydroxyl groups is 2. The zero-order chi connectivity index (χ0) is 34.9. The zero-order valence-corrected chi connectivity index (χ0v) is 27.5. The molecule has 256 valence electrons. The Morgan fingerprint density at radius 3 is 2.17 bits per heavy atom. The molecule has 1 fully saturated rings. The van der Waals surface area contributed by atoms with Crippen molar-refractivity contribution >= 4 is 39.5 Å². The Balaban J connectivity index is 1.29. The van der Waals surface area contributed by atoms with Gasteiger partial charge in [0.2, 0.25) is 27.7 Å². The Morgan fingerprint density at radius 2 is 1.60 bits per heavy atom. The number of rotatable bonds is 13. The first-order valence-electron chi connectivity index (χ1n) is 15.0. The summed E-state index contributed by atoms with van der Waals surface area (Å²) in [5, 5.41) is 29.3. The summed E-state index contributed by atoms with van der Waals surface area (Å²) in [4.78, 5) is 60.7. The number of amides is 3. The molecule has 1 aromatic rings. The van der Waals surface area contributed by atoms with Crippen molar-refractivity contribution in [1.29, 1.82) is 0 Å². The van der Waals surface area contributed by atoms with Gasteiger partial charge in [-0.2, -0.15) is 4.31 Å². The summed E-state index contributed by atoms with van der Waals surface area (Å²) >= 11 is 0. The molecule has 3 atom stereocenters. The minimum atomic E-state index is -3.99. The molecule has 1 spiro atoms. The second-order valence-electron chi connectivity index (χ2n) is 12.5. The molecule has 0 saturated heterocycles. The molecule has 1 aromatic carbocycles. The van der Waals surface area contributed by atoms with Gasteiger partial charge in [0.1, 0.15) is 12.2 Å². The number of Topliss-reactive ketones (excluding diaryl/α,β-unsaturated/α-hetero) is 1. The highest BCUT2D eigenvalue weighted by molar-refractivity contribution is 7.89. The van der Waals surface area contributed by atoms with Crippen molar-refractivity contribution < 1.29 is 47.3 Å². The lowest BCUT2D eigenvalue weighted by Gasteiger charge is -2.39. The summed E-state index contributed by atoms with van der Waals surface area (Å²) in [5.74, 6) is -2.90. The van der Waals surface area contributed by atoms with E-state index in [9.17, 15) is 42.6 Å². The van der Waals surface area contributed by atoms with E-state index < -0.39 is 62.0 Å². The molecule has 0 bridgehead atoms. The van der Waals surface area contributed by atoms with E-state index in [1.54, 1.807) is 13.0 Å². The van der Waals surface area contributed by atoms with Gasteiger partial charge >= 0.3 is 5.97 Å². The minimum absolute atomic E-state index is 0.0555. The zero-order valence-electron chi connectivity index (χ0n) is 26.7.